The van der Waals surface area contributed by atoms with Gasteiger partial charge in [0.25, 0.3) is 0 Å². The number of carboxylic acid groups (broad SMARTS) is 1. The molecule has 0 aromatic heterocycles. The van der Waals surface area contributed by atoms with Crippen molar-refractivity contribution in [2.45, 2.75) is 19.4 Å². The van der Waals surface area contributed by atoms with Gasteiger partial charge in [0, 0.05) is 6.54 Å². The van der Waals surface area contributed by atoms with E-state index in [1.54, 1.807) is 6.92 Å². The molecule has 0 aliphatic rings. The Morgan fingerprint density at radius 3 is 2.39 bits per heavy atom. The summed E-state index contributed by atoms with van der Waals surface area (Å²) in [6.45, 7) is 2.80. The summed E-state index contributed by atoms with van der Waals surface area (Å²) in [5.41, 5.74) is -6.04. The van der Waals surface area contributed by atoms with Crippen molar-refractivity contribution in [3.8, 4) is 5.75 Å². The van der Waals surface area contributed by atoms with Gasteiger partial charge in [-0.3, -0.25) is 5.01 Å². The van der Waals surface area contributed by atoms with E-state index in [4.69, 9.17) is 5.11 Å². The first-order valence-corrected chi connectivity index (χ1v) is 7.56. The van der Waals surface area contributed by atoms with Gasteiger partial charge in [-0.1, -0.05) is 12.1 Å². The highest BCUT2D eigenvalue weighted by atomic mass is 32.2. The van der Waals surface area contributed by atoms with E-state index in [2.05, 4.69) is 9.28 Å². The smallest absolute Gasteiger partial charge is 0.477 e. The van der Waals surface area contributed by atoms with E-state index in [0.29, 0.717) is 0 Å². The first-order valence-electron chi connectivity index (χ1n) is 6.15. The van der Waals surface area contributed by atoms with Gasteiger partial charge in [-0.15, -0.1) is 0 Å². The number of hydrogen-bond acceptors (Lipinski definition) is 6. The van der Waals surface area contributed by atoms with Gasteiger partial charge in [-0.05, 0) is 26.0 Å². The maximum absolute atomic E-state index is 12.4. The summed E-state index contributed by atoms with van der Waals surface area (Å²) >= 11 is 0. The van der Waals surface area contributed by atoms with Crippen LogP contribution >= 0.6 is 0 Å². The second-order valence-electron chi connectivity index (χ2n) is 4.16. The Morgan fingerprint density at radius 1 is 1.35 bits per heavy atom. The number of para-hydroxylation sites is 2. The van der Waals surface area contributed by atoms with Crippen LogP contribution in [0.1, 0.15) is 13.8 Å². The van der Waals surface area contributed by atoms with Crippen molar-refractivity contribution in [2.75, 3.05) is 11.6 Å². The molecular formula is C12H13F3N2O5S. The van der Waals surface area contributed by atoms with Crippen LogP contribution in [0.3, 0.4) is 0 Å². The Bertz CT molecular complexity index is 716. The summed E-state index contributed by atoms with van der Waals surface area (Å²) in [5, 5.41) is 13.5. The van der Waals surface area contributed by atoms with Crippen LogP contribution in [-0.4, -0.2) is 37.3 Å². The van der Waals surface area contributed by atoms with Gasteiger partial charge in [0.2, 0.25) is 0 Å². The quantitative estimate of drug-likeness (QED) is 0.364. The van der Waals surface area contributed by atoms with Crippen LogP contribution in [0.15, 0.2) is 29.4 Å². The Morgan fingerprint density at radius 2 is 1.91 bits per heavy atom. The van der Waals surface area contributed by atoms with Crippen molar-refractivity contribution in [1.82, 2.24) is 0 Å². The number of hydrazone groups is 1. The van der Waals surface area contributed by atoms with Gasteiger partial charge in [0.05, 0.1) is 0 Å². The third-order valence-corrected chi connectivity index (χ3v) is 3.47. The number of alkyl halides is 3. The predicted molar refractivity (Wildman–Crippen MR) is 75.8 cm³/mol. The summed E-state index contributed by atoms with van der Waals surface area (Å²) in [4.78, 5) is 10.8. The number of nitrogens with zero attached hydrogens (tertiary/aromatic N) is 2. The lowest BCUT2D eigenvalue weighted by molar-refractivity contribution is -0.129. The van der Waals surface area contributed by atoms with Gasteiger partial charge >= 0.3 is 21.6 Å². The number of halogens is 3. The highest BCUT2D eigenvalue weighted by molar-refractivity contribution is 7.88. The van der Waals surface area contributed by atoms with E-state index >= 15 is 0 Å². The average Bonchev–Trinajstić information content (AvgIpc) is 2.43. The second-order valence-corrected chi connectivity index (χ2v) is 5.70. The fourth-order valence-electron chi connectivity index (χ4n) is 1.43. The minimum atomic E-state index is -5.85. The van der Waals surface area contributed by atoms with Gasteiger partial charge < -0.3 is 9.29 Å². The maximum Gasteiger partial charge on any atom is 0.534 e. The fourth-order valence-corrected chi connectivity index (χ4v) is 1.90. The van der Waals surface area contributed by atoms with E-state index in [9.17, 15) is 26.4 Å². The van der Waals surface area contributed by atoms with Crippen LogP contribution in [0.5, 0.6) is 5.75 Å². The maximum atomic E-state index is 12.4. The molecule has 0 aliphatic carbocycles. The summed E-state index contributed by atoms with van der Waals surface area (Å²) in [5.74, 6) is -1.95. The van der Waals surface area contributed by atoms with Crippen molar-refractivity contribution in [1.29, 1.82) is 0 Å². The topological polar surface area (TPSA) is 96.3 Å². The number of benzene rings is 1. The molecule has 0 radical (unpaired) electrons. The number of carbonyl (C=O) groups is 1. The SMILES string of the molecule is CCN(N=C(C)C(=O)O)c1ccccc1OS(=O)(=O)C(F)(F)F. The first kappa shape index (κ1) is 18.7. The Kier molecular flexibility index (Phi) is 5.59. The summed E-state index contributed by atoms with van der Waals surface area (Å²) in [6, 6.07) is 4.94. The fraction of sp³-hybridized carbons (Fsp3) is 0.333. The van der Waals surface area contributed by atoms with Crippen LogP contribution in [0.2, 0.25) is 0 Å². The molecule has 0 bridgehead atoms. The number of hydrogen-bond donors (Lipinski definition) is 1. The molecule has 0 amide bonds. The number of aliphatic carboxylic acids is 1. The van der Waals surface area contributed by atoms with E-state index < -0.39 is 27.3 Å². The first-order chi connectivity index (χ1) is 10.5. The minimum Gasteiger partial charge on any atom is -0.477 e. The second kappa shape index (κ2) is 6.86. The molecule has 0 saturated carbocycles. The molecule has 0 aliphatic heterocycles. The molecular weight excluding hydrogens is 341 g/mol. The van der Waals surface area contributed by atoms with Crippen LogP contribution in [0, 0.1) is 0 Å². The van der Waals surface area contributed by atoms with Crippen LogP contribution in [-0.2, 0) is 14.9 Å². The van der Waals surface area contributed by atoms with E-state index in [0.717, 1.165) is 11.1 Å². The van der Waals surface area contributed by atoms with Crippen molar-refractivity contribution < 1.29 is 35.7 Å². The summed E-state index contributed by atoms with van der Waals surface area (Å²) < 4.78 is 63.6. The number of carboxylic acids is 1. The average molecular weight is 354 g/mol. The van der Waals surface area contributed by atoms with Gasteiger partial charge in [-0.25, -0.2) is 4.79 Å². The van der Waals surface area contributed by atoms with Crippen LogP contribution in [0.25, 0.3) is 0 Å². The monoisotopic (exact) mass is 354 g/mol. The molecule has 0 unspecified atom stereocenters. The van der Waals surface area contributed by atoms with E-state index in [1.807, 2.05) is 0 Å². The Labute approximate surface area is 130 Å². The van der Waals surface area contributed by atoms with Gasteiger partial charge in [0.15, 0.2) is 5.75 Å². The lowest BCUT2D eigenvalue weighted by Crippen LogP contribution is -2.29. The highest BCUT2D eigenvalue weighted by Crippen LogP contribution is 2.33. The normalized spacial score (nSPS) is 12.8. The molecule has 0 fully saturated rings. The lowest BCUT2D eigenvalue weighted by Gasteiger charge is -2.20. The molecule has 0 atom stereocenters. The molecule has 1 rings (SSSR count). The standard InChI is InChI=1S/C12H13F3N2O5S/c1-3-17(16-8(2)11(18)19)9-6-4-5-7-10(9)22-23(20,21)12(13,14)15/h4-7H,3H2,1-2H3,(H,18,19). The Balaban J connectivity index is 3.30. The minimum absolute atomic E-state index is 0.0665. The molecule has 0 saturated heterocycles. The van der Waals surface area contributed by atoms with E-state index in [-0.39, 0.29) is 17.9 Å². The van der Waals surface area contributed by atoms with Crippen molar-refractivity contribution in [3.05, 3.63) is 24.3 Å². The molecule has 23 heavy (non-hydrogen) atoms. The number of anilines is 1. The zero-order valence-electron chi connectivity index (χ0n) is 12.0. The van der Waals surface area contributed by atoms with Crippen LogP contribution < -0.4 is 9.19 Å². The molecule has 1 N–H and O–H groups in total. The molecule has 128 valence electrons. The van der Waals surface area contributed by atoms with E-state index in [1.165, 1.54) is 25.1 Å². The highest BCUT2D eigenvalue weighted by Gasteiger charge is 2.48. The van der Waals surface area contributed by atoms with Crippen molar-refractivity contribution in [3.63, 3.8) is 0 Å². The molecule has 0 heterocycles. The van der Waals surface area contributed by atoms with Gasteiger partial charge in [0.1, 0.15) is 11.4 Å². The molecule has 1 aromatic carbocycles. The van der Waals surface area contributed by atoms with Crippen LogP contribution in [0.4, 0.5) is 18.9 Å². The van der Waals surface area contributed by atoms with Gasteiger partial charge in [-0.2, -0.15) is 26.7 Å². The zero-order valence-corrected chi connectivity index (χ0v) is 12.8. The Hall–Kier alpha value is -2.30. The molecule has 1 aromatic rings. The summed E-state index contributed by atoms with van der Waals surface area (Å²) in [7, 11) is -5.85. The third-order valence-electron chi connectivity index (χ3n) is 2.51. The largest absolute Gasteiger partial charge is 0.534 e. The van der Waals surface area contributed by atoms with Crippen molar-refractivity contribution >= 4 is 27.5 Å². The lowest BCUT2D eigenvalue weighted by atomic mass is 10.3. The molecule has 11 heteroatoms. The van der Waals surface area contributed by atoms with Crippen molar-refractivity contribution in [2.24, 2.45) is 5.10 Å². The summed E-state index contributed by atoms with van der Waals surface area (Å²) in [6.07, 6.45) is 0. The predicted octanol–water partition coefficient (Wildman–Crippen LogP) is 2.20. The zero-order chi connectivity index (χ0) is 17.8. The molecule has 0 spiro atoms. The molecule has 7 nitrogen and oxygen atoms in total. The number of rotatable bonds is 6. The third kappa shape index (κ3) is 4.58.